The van der Waals surface area contributed by atoms with E-state index >= 15 is 0 Å². The fourth-order valence-electron chi connectivity index (χ4n) is 5.15. The first-order valence-electron chi connectivity index (χ1n) is 12.4. The number of carboxylic acids is 1. The summed E-state index contributed by atoms with van der Waals surface area (Å²) in [4.78, 5) is 24.6. The second-order valence-electron chi connectivity index (χ2n) is 10.6. The van der Waals surface area contributed by atoms with Crippen molar-refractivity contribution in [2.45, 2.75) is 39.7 Å². The third kappa shape index (κ3) is 4.55. The van der Waals surface area contributed by atoms with Gasteiger partial charge < -0.3 is 23.6 Å². The molecule has 1 atom stereocenters. The van der Waals surface area contributed by atoms with Gasteiger partial charge in [0.2, 0.25) is 0 Å². The second-order valence-corrected chi connectivity index (χ2v) is 10.6. The number of aromatic nitrogens is 1. The van der Waals surface area contributed by atoms with E-state index in [0.717, 1.165) is 45.4 Å². The molecule has 0 amide bonds. The summed E-state index contributed by atoms with van der Waals surface area (Å²) >= 11 is 0. The molecule has 0 bridgehead atoms. The summed E-state index contributed by atoms with van der Waals surface area (Å²) in [6.07, 6.45) is 4.66. The van der Waals surface area contributed by atoms with E-state index in [0.29, 0.717) is 25.3 Å². The molecule has 2 aromatic heterocycles. The lowest BCUT2D eigenvalue weighted by Crippen LogP contribution is -2.32. The Hall–Kier alpha value is -3.84. The normalized spacial score (nSPS) is 14.9. The highest BCUT2D eigenvalue weighted by Crippen LogP contribution is 2.47. The van der Waals surface area contributed by atoms with Gasteiger partial charge in [0.1, 0.15) is 16.9 Å². The standard InChI is InChI=1S/C30H31NO6/c1-30(2,3)28-13-18-12-27(36-11-7-10-35-4)21(23-17-37-26-9-6-5-8-19(23)26)14-20(18)24-15-25(32)22(29(33)34)16-31(24)28/h5-6,8-9,12,14-17,28H,7,10-11,13H2,1-4H3,(H,33,34). The number of furan rings is 1. The van der Waals surface area contributed by atoms with E-state index in [4.69, 9.17) is 13.9 Å². The van der Waals surface area contributed by atoms with Crippen LogP contribution in [-0.2, 0) is 11.2 Å². The molecular formula is C30H31NO6. The molecule has 192 valence electrons. The van der Waals surface area contributed by atoms with Gasteiger partial charge in [0, 0.05) is 60.5 Å². The van der Waals surface area contributed by atoms with Gasteiger partial charge in [-0.15, -0.1) is 0 Å². The largest absolute Gasteiger partial charge is 0.493 e. The number of hydrogen-bond acceptors (Lipinski definition) is 5. The van der Waals surface area contributed by atoms with Crippen molar-refractivity contribution in [3.05, 3.63) is 76.3 Å². The van der Waals surface area contributed by atoms with Crippen molar-refractivity contribution in [3.63, 3.8) is 0 Å². The molecule has 0 radical (unpaired) electrons. The summed E-state index contributed by atoms with van der Waals surface area (Å²) in [6, 6.07) is 13.4. The topological polar surface area (TPSA) is 90.9 Å². The van der Waals surface area contributed by atoms with Crippen molar-refractivity contribution in [2.75, 3.05) is 20.3 Å². The van der Waals surface area contributed by atoms with E-state index in [2.05, 4.69) is 26.8 Å². The fourth-order valence-corrected chi connectivity index (χ4v) is 5.15. The quantitative estimate of drug-likeness (QED) is 0.304. The highest BCUT2D eigenvalue weighted by Gasteiger charge is 2.34. The van der Waals surface area contributed by atoms with Crippen LogP contribution in [0.5, 0.6) is 5.75 Å². The number of carbonyl (C=O) groups is 1. The Kier molecular flexibility index (Phi) is 6.42. The molecule has 1 aliphatic rings. The summed E-state index contributed by atoms with van der Waals surface area (Å²) < 4.78 is 19.3. The smallest absolute Gasteiger partial charge is 0.341 e. The molecule has 1 unspecified atom stereocenters. The predicted molar refractivity (Wildman–Crippen MR) is 142 cm³/mol. The minimum atomic E-state index is -1.22. The number of ether oxygens (including phenoxy) is 2. The van der Waals surface area contributed by atoms with E-state index in [9.17, 15) is 14.7 Å². The molecule has 7 nitrogen and oxygen atoms in total. The Morgan fingerprint density at radius 1 is 1.11 bits per heavy atom. The Bertz CT molecular complexity index is 1540. The minimum absolute atomic E-state index is 0.0457. The highest BCUT2D eigenvalue weighted by molar-refractivity contribution is 5.97. The number of fused-ring (bicyclic) bond motifs is 4. The van der Waals surface area contributed by atoms with Crippen LogP contribution >= 0.6 is 0 Å². The maximum Gasteiger partial charge on any atom is 0.341 e. The van der Waals surface area contributed by atoms with Crippen LogP contribution < -0.4 is 10.2 Å². The molecule has 3 heterocycles. The van der Waals surface area contributed by atoms with Gasteiger partial charge in [0.25, 0.3) is 0 Å². The van der Waals surface area contributed by atoms with Crippen LogP contribution in [0.4, 0.5) is 0 Å². The van der Waals surface area contributed by atoms with Gasteiger partial charge in [-0.2, -0.15) is 0 Å². The number of aromatic carboxylic acids is 1. The van der Waals surface area contributed by atoms with Crippen molar-refractivity contribution in [3.8, 4) is 28.1 Å². The SMILES string of the molecule is COCCCOc1cc2c(cc1-c1coc3ccccc13)-c1cc(=O)c(C(=O)O)cn1C(C(C)(C)C)C2. The zero-order valence-electron chi connectivity index (χ0n) is 21.5. The van der Waals surface area contributed by atoms with E-state index in [1.165, 1.54) is 12.3 Å². The molecule has 0 saturated carbocycles. The van der Waals surface area contributed by atoms with Crippen LogP contribution in [0, 0.1) is 5.41 Å². The summed E-state index contributed by atoms with van der Waals surface area (Å²) in [5.74, 6) is -0.476. The molecule has 0 saturated heterocycles. The molecule has 2 aromatic carbocycles. The fraction of sp³-hybridized carbons (Fsp3) is 0.333. The lowest BCUT2D eigenvalue weighted by molar-refractivity contribution is 0.0693. The monoisotopic (exact) mass is 501 g/mol. The number of rotatable bonds is 7. The number of nitrogens with zero attached hydrogens (tertiary/aromatic N) is 1. The number of benzene rings is 2. The Balaban J connectivity index is 1.74. The highest BCUT2D eigenvalue weighted by atomic mass is 16.5. The van der Waals surface area contributed by atoms with Crippen molar-refractivity contribution in [2.24, 2.45) is 5.41 Å². The predicted octanol–water partition coefficient (Wildman–Crippen LogP) is 6.19. The van der Waals surface area contributed by atoms with E-state index in [1.54, 1.807) is 13.4 Å². The molecule has 1 N–H and O–H groups in total. The first-order chi connectivity index (χ1) is 17.7. The Morgan fingerprint density at radius 2 is 1.89 bits per heavy atom. The summed E-state index contributed by atoms with van der Waals surface area (Å²) in [5.41, 5.74) is 4.27. The van der Waals surface area contributed by atoms with Crippen LogP contribution in [-0.4, -0.2) is 36.0 Å². The average molecular weight is 502 g/mol. The van der Waals surface area contributed by atoms with E-state index in [-0.39, 0.29) is 17.0 Å². The van der Waals surface area contributed by atoms with Gasteiger partial charge in [0.05, 0.1) is 18.6 Å². The van der Waals surface area contributed by atoms with Crippen LogP contribution in [0.15, 0.2) is 64.1 Å². The first kappa shape index (κ1) is 24.8. The van der Waals surface area contributed by atoms with Crippen molar-refractivity contribution < 1.29 is 23.8 Å². The third-order valence-corrected chi connectivity index (χ3v) is 7.06. The molecule has 1 aliphatic heterocycles. The molecular weight excluding hydrogens is 470 g/mol. The lowest BCUT2D eigenvalue weighted by Gasteiger charge is -2.39. The van der Waals surface area contributed by atoms with Gasteiger partial charge in [-0.05, 0) is 35.6 Å². The van der Waals surface area contributed by atoms with Gasteiger partial charge in [-0.1, -0.05) is 39.0 Å². The molecule has 0 aliphatic carbocycles. The van der Waals surface area contributed by atoms with Crippen LogP contribution in [0.2, 0.25) is 0 Å². The van der Waals surface area contributed by atoms with Gasteiger partial charge in [-0.25, -0.2) is 4.79 Å². The number of pyridine rings is 1. The van der Waals surface area contributed by atoms with E-state index in [1.807, 2.05) is 34.9 Å². The zero-order chi connectivity index (χ0) is 26.3. The van der Waals surface area contributed by atoms with Gasteiger partial charge in [-0.3, -0.25) is 4.79 Å². The maximum atomic E-state index is 12.8. The molecule has 0 spiro atoms. The second kappa shape index (κ2) is 9.56. The third-order valence-electron chi connectivity index (χ3n) is 7.06. The number of carboxylic acid groups (broad SMARTS) is 1. The minimum Gasteiger partial charge on any atom is -0.493 e. The molecule has 37 heavy (non-hydrogen) atoms. The summed E-state index contributed by atoms with van der Waals surface area (Å²) in [5, 5.41) is 10.6. The van der Waals surface area contributed by atoms with Gasteiger partial charge >= 0.3 is 5.97 Å². The number of para-hydroxylation sites is 1. The number of methoxy groups -OCH3 is 1. The molecule has 0 fully saturated rings. The Morgan fingerprint density at radius 3 is 2.62 bits per heavy atom. The van der Waals surface area contributed by atoms with Crippen molar-refractivity contribution in [1.29, 1.82) is 0 Å². The lowest BCUT2D eigenvalue weighted by atomic mass is 9.78. The summed E-state index contributed by atoms with van der Waals surface area (Å²) in [6.45, 7) is 7.47. The molecule has 5 rings (SSSR count). The first-order valence-corrected chi connectivity index (χ1v) is 12.4. The zero-order valence-corrected chi connectivity index (χ0v) is 21.5. The molecule has 7 heteroatoms. The van der Waals surface area contributed by atoms with Crippen molar-refractivity contribution in [1.82, 2.24) is 4.57 Å². The van der Waals surface area contributed by atoms with Crippen LogP contribution in [0.3, 0.4) is 0 Å². The number of hydrogen-bond donors (Lipinski definition) is 1. The Labute approximate surface area is 215 Å². The van der Waals surface area contributed by atoms with E-state index < -0.39 is 11.4 Å². The van der Waals surface area contributed by atoms with Crippen molar-refractivity contribution >= 4 is 16.9 Å². The van der Waals surface area contributed by atoms with Crippen LogP contribution in [0.1, 0.15) is 49.2 Å². The maximum absolute atomic E-state index is 12.8. The summed E-state index contributed by atoms with van der Waals surface area (Å²) in [7, 11) is 1.67. The average Bonchev–Trinajstić information content (AvgIpc) is 3.28. The van der Waals surface area contributed by atoms with Gasteiger partial charge in [0.15, 0.2) is 5.43 Å². The molecule has 4 aromatic rings. The van der Waals surface area contributed by atoms with Crippen LogP contribution in [0.25, 0.3) is 33.4 Å².